The summed E-state index contributed by atoms with van der Waals surface area (Å²) in [6.45, 7) is 0. The molecule has 104 valence electrons. The molecule has 0 radical (unpaired) electrons. The summed E-state index contributed by atoms with van der Waals surface area (Å²) in [6.07, 6.45) is 1.69. The fourth-order valence-electron chi connectivity index (χ4n) is 2.10. The number of hydrogen-bond acceptors (Lipinski definition) is 3. The number of nitrogens with zero attached hydrogens (tertiary/aromatic N) is 1. The Morgan fingerprint density at radius 1 is 1.14 bits per heavy atom. The van der Waals surface area contributed by atoms with E-state index in [-0.39, 0.29) is 11.6 Å². The van der Waals surface area contributed by atoms with E-state index >= 15 is 0 Å². The third-order valence-electron chi connectivity index (χ3n) is 3.04. The summed E-state index contributed by atoms with van der Waals surface area (Å²) in [5.74, 6) is -0.821. The van der Waals surface area contributed by atoms with Crippen LogP contribution in [0, 0.1) is 5.82 Å². The number of aromatic nitrogens is 1. The van der Waals surface area contributed by atoms with Gasteiger partial charge in [0, 0.05) is 28.5 Å². The van der Waals surface area contributed by atoms with Crippen LogP contribution in [-0.4, -0.2) is 10.9 Å². The number of anilines is 2. The molecule has 3 aromatic rings. The van der Waals surface area contributed by atoms with Gasteiger partial charge in [-0.15, -0.1) is 0 Å². The molecule has 21 heavy (non-hydrogen) atoms. The molecule has 0 aliphatic carbocycles. The summed E-state index contributed by atoms with van der Waals surface area (Å²) < 4.78 is 13.2. The highest BCUT2D eigenvalue weighted by Crippen LogP contribution is 2.18. The molecule has 1 amide bonds. The molecule has 2 aromatic carbocycles. The van der Waals surface area contributed by atoms with E-state index in [1.54, 1.807) is 30.5 Å². The number of carbonyl (C=O) groups excluding carboxylic acids is 1. The van der Waals surface area contributed by atoms with Crippen LogP contribution in [0.5, 0.6) is 0 Å². The van der Waals surface area contributed by atoms with Crippen molar-refractivity contribution < 1.29 is 9.18 Å². The lowest BCUT2D eigenvalue weighted by atomic mass is 10.1. The van der Waals surface area contributed by atoms with Crippen molar-refractivity contribution in [3.05, 3.63) is 66.1 Å². The van der Waals surface area contributed by atoms with Gasteiger partial charge in [0.2, 0.25) is 0 Å². The average Bonchev–Trinajstić information content (AvgIpc) is 2.45. The van der Waals surface area contributed by atoms with Crippen LogP contribution in [0.3, 0.4) is 0 Å². The van der Waals surface area contributed by atoms with Crippen LogP contribution in [0.4, 0.5) is 15.8 Å². The van der Waals surface area contributed by atoms with Gasteiger partial charge in [-0.1, -0.05) is 6.07 Å². The van der Waals surface area contributed by atoms with Crippen molar-refractivity contribution in [3.63, 3.8) is 0 Å². The number of rotatable bonds is 2. The van der Waals surface area contributed by atoms with Crippen LogP contribution in [-0.2, 0) is 0 Å². The second-order valence-corrected chi connectivity index (χ2v) is 4.64. The number of nitrogens with two attached hydrogens (primary N) is 1. The standard InChI is InChI=1S/C16H12FN3O/c17-12-7-13(18)9-14(8-12)20-16(21)11-3-4-15-10(6-11)2-1-5-19-15/h1-9H,18H2,(H,20,21). The highest BCUT2D eigenvalue weighted by atomic mass is 19.1. The number of nitrogen functional groups attached to an aromatic ring is 1. The Morgan fingerprint density at radius 2 is 2.00 bits per heavy atom. The maximum atomic E-state index is 13.2. The van der Waals surface area contributed by atoms with Crippen molar-refractivity contribution in [2.24, 2.45) is 0 Å². The molecule has 0 aliphatic rings. The zero-order valence-corrected chi connectivity index (χ0v) is 11.0. The fourth-order valence-corrected chi connectivity index (χ4v) is 2.10. The number of amides is 1. The molecule has 4 nitrogen and oxygen atoms in total. The van der Waals surface area contributed by atoms with Crippen molar-refractivity contribution in [1.29, 1.82) is 0 Å². The minimum absolute atomic E-state index is 0.257. The molecule has 3 rings (SSSR count). The summed E-state index contributed by atoms with van der Waals surface area (Å²) in [5, 5.41) is 3.49. The molecule has 0 unspecified atom stereocenters. The SMILES string of the molecule is Nc1cc(F)cc(NC(=O)c2ccc3ncccc3c2)c1. The van der Waals surface area contributed by atoms with Crippen LogP contribution < -0.4 is 11.1 Å². The van der Waals surface area contributed by atoms with Crippen molar-refractivity contribution in [1.82, 2.24) is 4.98 Å². The zero-order chi connectivity index (χ0) is 14.8. The number of carbonyl (C=O) groups is 1. The van der Waals surface area contributed by atoms with Gasteiger partial charge in [0.15, 0.2) is 0 Å². The summed E-state index contributed by atoms with van der Waals surface area (Å²) in [6, 6.07) is 12.8. The van der Waals surface area contributed by atoms with Gasteiger partial charge in [0.1, 0.15) is 5.82 Å². The first kappa shape index (κ1) is 13.1. The van der Waals surface area contributed by atoms with Gasteiger partial charge in [0.25, 0.3) is 5.91 Å². The minimum Gasteiger partial charge on any atom is -0.399 e. The highest BCUT2D eigenvalue weighted by Gasteiger charge is 2.08. The average molecular weight is 281 g/mol. The molecule has 5 heteroatoms. The van der Waals surface area contributed by atoms with Crippen LogP contribution in [0.1, 0.15) is 10.4 Å². The molecule has 1 heterocycles. The Balaban J connectivity index is 1.89. The molecule has 0 atom stereocenters. The van der Waals surface area contributed by atoms with Crippen LogP contribution in [0.2, 0.25) is 0 Å². The Labute approximate surface area is 120 Å². The van der Waals surface area contributed by atoms with E-state index in [1.807, 2.05) is 6.07 Å². The van der Waals surface area contributed by atoms with Crippen LogP contribution in [0.25, 0.3) is 10.9 Å². The van der Waals surface area contributed by atoms with Crippen molar-refractivity contribution in [2.45, 2.75) is 0 Å². The number of halogens is 1. The van der Waals surface area contributed by atoms with Crippen molar-refractivity contribution in [2.75, 3.05) is 11.1 Å². The van der Waals surface area contributed by atoms with E-state index in [2.05, 4.69) is 10.3 Å². The highest BCUT2D eigenvalue weighted by molar-refractivity contribution is 6.06. The quantitative estimate of drug-likeness (QED) is 0.709. The smallest absolute Gasteiger partial charge is 0.255 e. The maximum Gasteiger partial charge on any atom is 0.255 e. The van der Waals surface area contributed by atoms with Gasteiger partial charge in [-0.25, -0.2) is 4.39 Å². The Bertz CT molecular complexity index is 812. The molecule has 0 fully saturated rings. The van der Waals surface area contributed by atoms with E-state index in [4.69, 9.17) is 5.73 Å². The second kappa shape index (κ2) is 5.20. The van der Waals surface area contributed by atoms with Crippen LogP contribution in [0.15, 0.2) is 54.7 Å². The lowest BCUT2D eigenvalue weighted by molar-refractivity contribution is 0.102. The normalized spacial score (nSPS) is 10.5. The number of fused-ring (bicyclic) bond motifs is 1. The fraction of sp³-hybridized carbons (Fsp3) is 0. The third-order valence-corrected chi connectivity index (χ3v) is 3.04. The summed E-state index contributed by atoms with van der Waals surface area (Å²) in [5.41, 5.74) is 7.41. The van der Waals surface area contributed by atoms with Gasteiger partial charge in [-0.3, -0.25) is 9.78 Å². The number of hydrogen-bond donors (Lipinski definition) is 2. The monoisotopic (exact) mass is 281 g/mol. The Morgan fingerprint density at radius 3 is 2.81 bits per heavy atom. The Hall–Kier alpha value is -2.95. The maximum absolute atomic E-state index is 13.2. The first-order chi connectivity index (χ1) is 10.1. The van der Waals surface area contributed by atoms with Crippen molar-refractivity contribution >= 4 is 28.2 Å². The number of nitrogens with one attached hydrogen (secondary N) is 1. The zero-order valence-electron chi connectivity index (χ0n) is 11.0. The summed E-state index contributed by atoms with van der Waals surface area (Å²) in [7, 11) is 0. The third kappa shape index (κ3) is 2.81. The van der Waals surface area contributed by atoms with Gasteiger partial charge in [-0.05, 0) is 42.5 Å². The molecular formula is C16H12FN3O. The van der Waals surface area contributed by atoms with Gasteiger partial charge in [0.05, 0.1) is 5.52 Å². The molecule has 0 saturated heterocycles. The predicted molar refractivity (Wildman–Crippen MR) is 80.5 cm³/mol. The van der Waals surface area contributed by atoms with E-state index in [0.717, 1.165) is 10.9 Å². The molecule has 0 spiro atoms. The van der Waals surface area contributed by atoms with Crippen molar-refractivity contribution in [3.8, 4) is 0 Å². The molecule has 0 saturated carbocycles. The van der Waals surface area contributed by atoms with E-state index in [0.29, 0.717) is 11.3 Å². The van der Waals surface area contributed by atoms with Crippen LogP contribution >= 0.6 is 0 Å². The van der Waals surface area contributed by atoms with Gasteiger partial charge in [-0.2, -0.15) is 0 Å². The lowest BCUT2D eigenvalue weighted by Gasteiger charge is -2.07. The first-order valence-corrected chi connectivity index (χ1v) is 6.34. The lowest BCUT2D eigenvalue weighted by Crippen LogP contribution is -2.12. The molecule has 0 aliphatic heterocycles. The van der Waals surface area contributed by atoms with E-state index in [9.17, 15) is 9.18 Å². The first-order valence-electron chi connectivity index (χ1n) is 6.34. The second-order valence-electron chi connectivity index (χ2n) is 4.64. The molecular weight excluding hydrogens is 269 g/mol. The van der Waals surface area contributed by atoms with E-state index in [1.165, 1.54) is 18.2 Å². The number of benzene rings is 2. The molecule has 1 aromatic heterocycles. The predicted octanol–water partition coefficient (Wildman–Crippen LogP) is 3.21. The van der Waals surface area contributed by atoms with E-state index < -0.39 is 5.82 Å². The summed E-state index contributed by atoms with van der Waals surface area (Å²) in [4.78, 5) is 16.4. The molecule has 0 bridgehead atoms. The number of pyridine rings is 1. The largest absolute Gasteiger partial charge is 0.399 e. The van der Waals surface area contributed by atoms with Gasteiger partial charge < -0.3 is 11.1 Å². The topological polar surface area (TPSA) is 68.0 Å². The summed E-state index contributed by atoms with van der Waals surface area (Å²) >= 11 is 0. The molecule has 3 N–H and O–H groups in total. The Kier molecular flexibility index (Phi) is 3.23. The van der Waals surface area contributed by atoms with Gasteiger partial charge >= 0.3 is 0 Å². The minimum atomic E-state index is -0.493.